The second-order valence-electron chi connectivity index (χ2n) is 5.05. The van der Waals surface area contributed by atoms with Gasteiger partial charge < -0.3 is 10.6 Å². The van der Waals surface area contributed by atoms with Crippen molar-refractivity contribution in [3.05, 3.63) is 29.3 Å². The van der Waals surface area contributed by atoms with Crippen LogP contribution in [0, 0.1) is 0 Å². The minimum absolute atomic E-state index is 0.0487. The maximum atomic E-state index is 12.3. The van der Waals surface area contributed by atoms with E-state index in [1.807, 2.05) is 6.07 Å². The van der Waals surface area contributed by atoms with Crippen LogP contribution in [0.1, 0.15) is 29.3 Å². The van der Waals surface area contributed by atoms with Crippen molar-refractivity contribution in [1.82, 2.24) is 4.90 Å². The summed E-state index contributed by atoms with van der Waals surface area (Å²) in [6.45, 7) is 2.76. The van der Waals surface area contributed by atoms with Gasteiger partial charge in [-0.3, -0.25) is 4.79 Å². The molecule has 1 amide bonds. The SMILES string of the molecule is CCS(=O)(=O)CCCN1CCc2ccc(N)cc2C1=O. The second kappa shape index (κ2) is 5.83. The Morgan fingerprint density at radius 1 is 1.35 bits per heavy atom. The number of nitrogen functional groups attached to an aromatic ring is 1. The lowest BCUT2D eigenvalue weighted by molar-refractivity contribution is 0.0740. The van der Waals surface area contributed by atoms with E-state index < -0.39 is 9.84 Å². The molecule has 0 bridgehead atoms. The van der Waals surface area contributed by atoms with Crippen LogP contribution in [0.2, 0.25) is 0 Å². The number of fused-ring (bicyclic) bond motifs is 1. The summed E-state index contributed by atoms with van der Waals surface area (Å²) >= 11 is 0. The number of amides is 1. The van der Waals surface area contributed by atoms with Gasteiger partial charge >= 0.3 is 0 Å². The zero-order chi connectivity index (χ0) is 14.8. The molecule has 0 radical (unpaired) electrons. The van der Waals surface area contributed by atoms with E-state index in [9.17, 15) is 13.2 Å². The summed E-state index contributed by atoms with van der Waals surface area (Å²) in [5, 5.41) is 0. The standard InChI is InChI=1S/C14H20N2O3S/c1-2-20(18,19)9-3-7-16-8-6-11-4-5-12(15)10-13(11)14(16)17/h4-5,10H,2-3,6-9,15H2,1H3. The van der Waals surface area contributed by atoms with Gasteiger partial charge in [0.15, 0.2) is 0 Å². The second-order valence-corrected chi connectivity index (χ2v) is 7.52. The fourth-order valence-corrected chi connectivity index (χ4v) is 3.23. The van der Waals surface area contributed by atoms with Crippen LogP contribution in [0.25, 0.3) is 0 Å². The molecule has 1 heterocycles. The summed E-state index contributed by atoms with van der Waals surface area (Å²) in [4.78, 5) is 14.0. The summed E-state index contributed by atoms with van der Waals surface area (Å²) in [6.07, 6.45) is 1.28. The summed E-state index contributed by atoms with van der Waals surface area (Å²) in [7, 11) is -2.96. The van der Waals surface area contributed by atoms with Crippen LogP contribution in [0.5, 0.6) is 0 Å². The molecule has 20 heavy (non-hydrogen) atoms. The van der Waals surface area contributed by atoms with Crippen LogP contribution in [-0.2, 0) is 16.3 Å². The third-order valence-electron chi connectivity index (χ3n) is 3.63. The van der Waals surface area contributed by atoms with Gasteiger partial charge in [-0.1, -0.05) is 13.0 Å². The van der Waals surface area contributed by atoms with Crippen molar-refractivity contribution in [3.8, 4) is 0 Å². The number of hydrogen-bond acceptors (Lipinski definition) is 4. The monoisotopic (exact) mass is 296 g/mol. The summed E-state index contributed by atoms with van der Waals surface area (Å²) in [5.41, 5.74) is 7.95. The molecule has 0 saturated carbocycles. The number of nitrogens with zero attached hydrogens (tertiary/aromatic N) is 1. The van der Waals surface area contributed by atoms with E-state index in [2.05, 4.69) is 0 Å². The number of benzene rings is 1. The highest BCUT2D eigenvalue weighted by Gasteiger charge is 2.24. The first-order valence-electron chi connectivity index (χ1n) is 6.81. The molecule has 0 spiro atoms. The van der Waals surface area contributed by atoms with E-state index in [1.54, 1.807) is 24.0 Å². The Kier molecular flexibility index (Phi) is 4.32. The van der Waals surface area contributed by atoms with Gasteiger partial charge in [0.2, 0.25) is 0 Å². The molecule has 0 atom stereocenters. The fraction of sp³-hybridized carbons (Fsp3) is 0.500. The Balaban J connectivity index is 2.01. The molecule has 1 aromatic carbocycles. The summed E-state index contributed by atoms with van der Waals surface area (Å²) in [6, 6.07) is 5.39. The number of carbonyl (C=O) groups is 1. The molecular weight excluding hydrogens is 276 g/mol. The molecule has 0 aliphatic carbocycles. The number of hydrogen-bond donors (Lipinski definition) is 1. The average Bonchev–Trinajstić information content (AvgIpc) is 2.42. The van der Waals surface area contributed by atoms with Crippen molar-refractivity contribution >= 4 is 21.4 Å². The quantitative estimate of drug-likeness (QED) is 0.825. The van der Waals surface area contributed by atoms with Gasteiger partial charge in [0.25, 0.3) is 5.91 Å². The highest BCUT2D eigenvalue weighted by Crippen LogP contribution is 2.21. The van der Waals surface area contributed by atoms with Crippen molar-refractivity contribution in [2.45, 2.75) is 19.8 Å². The summed E-state index contributed by atoms with van der Waals surface area (Å²) < 4.78 is 22.9. The van der Waals surface area contributed by atoms with Crippen molar-refractivity contribution in [3.63, 3.8) is 0 Å². The van der Waals surface area contributed by atoms with Gasteiger partial charge in [-0.2, -0.15) is 0 Å². The number of rotatable bonds is 5. The van der Waals surface area contributed by atoms with Crippen LogP contribution >= 0.6 is 0 Å². The topological polar surface area (TPSA) is 80.5 Å². The van der Waals surface area contributed by atoms with E-state index in [0.717, 1.165) is 12.0 Å². The largest absolute Gasteiger partial charge is 0.399 e. The van der Waals surface area contributed by atoms with Gasteiger partial charge in [-0.05, 0) is 30.5 Å². The van der Waals surface area contributed by atoms with Crippen molar-refractivity contribution < 1.29 is 13.2 Å². The number of anilines is 1. The Morgan fingerprint density at radius 2 is 2.10 bits per heavy atom. The van der Waals surface area contributed by atoms with E-state index in [-0.39, 0.29) is 17.4 Å². The molecular formula is C14H20N2O3S. The van der Waals surface area contributed by atoms with Crippen LogP contribution in [-0.4, -0.2) is 43.8 Å². The third kappa shape index (κ3) is 3.30. The molecule has 5 nitrogen and oxygen atoms in total. The third-order valence-corrected chi connectivity index (χ3v) is 5.42. The smallest absolute Gasteiger partial charge is 0.254 e. The zero-order valence-electron chi connectivity index (χ0n) is 11.6. The minimum atomic E-state index is -2.96. The first-order valence-corrected chi connectivity index (χ1v) is 8.63. The highest BCUT2D eigenvalue weighted by atomic mass is 32.2. The number of carbonyl (C=O) groups excluding carboxylic acids is 1. The molecule has 110 valence electrons. The van der Waals surface area contributed by atoms with Gasteiger partial charge in [0.05, 0.1) is 5.75 Å². The average molecular weight is 296 g/mol. The van der Waals surface area contributed by atoms with Gasteiger partial charge in [-0.25, -0.2) is 8.42 Å². The maximum absolute atomic E-state index is 12.3. The first kappa shape index (κ1) is 14.8. The minimum Gasteiger partial charge on any atom is -0.399 e. The molecule has 6 heteroatoms. The van der Waals surface area contributed by atoms with Gasteiger partial charge in [0, 0.05) is 30.1 Å². The summed E-state index contributed by atoms with van der Waals surface area (Å²) in [5.74, 6) is 0.240. The van der Waals surface area contributed by atoms with Gasteiger partial charge in [0.1, 0.15) is 9.84 Å². The molecule has 1 aliphatic heterocycles. The zero-order valence-corrected chi connectivity index (χ0v) is 12.4. The van der Waals surface area contributed by atoms with Crippen molar-refractivity contribution in [2.75, 3.05) is 30.3 Å². The van der Waals surface area contributed by atoms with Crippen molar-refractivity contribution in [2.24, 2.45) is 0 Å². The van der Waals surface area contributed by atoms with Crippen LogP contribution in [0.15, 0.2) is 18.2 Å². The maximum Gasteiger partial charge on any atom is 0.254 e. The normalized spacial score (nSPS) is 15.2. The number of sulfone groups is 1. The predicted molar refractivity (Wildman–Crippen MR) is 79.4 cm³/mol. The lowest BCUT2D eigenvalue weighted by Crippen LogP contribution is -2.38. The first-order chi connectivity index (χ1) is 9.43. The Labute approximate surface area is 119 Å². The van der Waals surface area contributed by atoms with Crippen LogP contribution < -0.4 is 5.73 Å². The van der Waals surface area contributed by atoms with E-state index in [1.165, 1.54) is 0 Å². The number of nitrogens with two attached hydrogens (primary N) is 1. The molecule has 2 rings (SSSR count). The molecule has 2 N–H and O–H groups in total. The Morgan fingerprint density at radius 3 is 2.80 bits per heavy atom. The van der Waals surface area contributed by atoms with E-state index in [4.69, 9.17) is 5.73 Å². The van der Waals surface area contributed by atoms with Crippen LogP contribution in [0.4, 0.5) is 5.69 Å². The lowest BCUT2D eigenvalue weighted by atomic mass is 9.98. The molecule has 0 saturated heterocycles. The Hall–Kier alpha value is -1.56. The van der Waals surface area contributed by atoms with Gasteiger partial charge in [-0.15, -0.1) is 0 Å². The molecule has 0 unspecified atom stereocenters. The molecule has 1 aliphatic rings. The lowest BCUT2D eigenvalue weighted by Gasteiger charge is -2.28. The predicted octanol–water partition coefficient (Wildman–Crippen LogP) is 1.09. The van der Waals surface area contributed by atoms with E-state index >= 15 is 0 Å². The highest BCUT2D eigenvalue weighted by molar-refractivity contribution is 7.91. The van der Waals surface area contributed by atoms with E-state index in [0.29, 0.717) is 30.8 Å². The fourth-order valence-electron chi connectivity index (χ4n) is 2.37. The Bertz CT molecular complexity index is 611. The molecule has 0 fully saturated rings. The molecule has 1 aromatic rings. The van der Waals surface area contributed by atoms with Crippen LogP contribution in [0.3, 0.4) is 0 Å². The molecule has 0 aromatic heterocycles. The van der Waals surface area contributed by atoms with Crippen molar-refractivity contribution in [1.29, 1.82) is 0 Å².